The third kappa shape index (κ3) is 5.05. The number of benzene rings is 1. The fourth-order valence-corrected chi connectivity index (χ4v) is 2.86. The van der Waals surface area contributed by atoms with Gasteiger partial charge in [-0.25, -0.2) is 0 Å². The highest BCUT2D eigenvalue weighted by atomic mass is 15.2. The van der Waals surface area contributed by atoms with Crippen LogP contribution in [0.3, 0.4) is 0 Å². The Kier molecular flexibility index (Phi) is 6.54. The largest absolute Gasteiger partial charge is 0.355 e. The Balaban J connectivity index is 1.76. The van der Waals surface area contributed by atoms with Crippen molar-refractivity contribution in [2.75, 3.05) is 26.7 Å². The Bertz CT molecular complexity index is 424. The van der Waals surface area contributed by atoms with Crippen LogP contribution in [-0.2, 0) is 6.54 Å². The van der Waals surface area contributed by atoms with E-state index >= 15 is 0 Å². The molecule has 0 radical (unpaired) electrons. The molecule has 1 atom stereocenters. The van der Waals surface area contributed by atoms with E-state index in [2.05, 4.69) is 51.7 Å². The van der Waals surface area contributed by atoms with E-state index in [1.165, 1.54) is 37.9 Å². The molecule has 1 aliphatic heterocycles. The minimum atomic E-state index is 0.614. The molecule has 1 fully saturated rings. The number of nitrogens with one attached hydrogen (secondary N) is 2. The maximum atomic E-state index is 4.31. The van der Waals surface area contributed by atoms with Crippen LogP contribution in [0.2, 0.25) is 0 Å². The van der Waals surface area contributed by atoms with Gasteiger partial charge >= 0.3 is 0 Å². The molecule has 1 saturated heterocycles. The lowest BCUT2D eigenvalue weighted by Crippen LogP contribution is -2.46. The lowest BCUT2D eigenvalue weighted by Gasteiger charge is -2.27. The van der Waals surface area contributed by atoms with Gasteiger partial charge in [0.15, 0.2) is 5.96 Å². The van der Waals surface area contributed by atoms with E-state index in [0.29, 0.717) is 6.04 Å². The number of hydrogen-bond acceptors (Lipinski definition) is 2. The molecule has 1 heterocycles. The van der Waals surface area contributed by atoms with E-state index in [1.807, 2.05) is 13.1 Å². The van der Waals surface area contributed by atoms with Crippen molar-refractivity contribution in [3.05, 3.63) is 35.9 Å². The lowest BCUT2D eigenvalue weighted by atomic mass is 10.2. The Morgan fingerprint density at radius 2 is 1.90 bits per heavy atom. The van der Waals surface area contributed by atoms with Gasteiger partial charge in [-0.2, -0.15) is 0 Å². The summed E-state index contributed by atoms with van der Waals surface area (Å²) in [6, 6.07) is 11.0. The van der Waals surface area contributed by atoms with Gasteiger partial charge in [-0.05, 0) is 37.9 Å². The summed E-state index contributed by atoms with van der Waals surface area (Å²) < 4.78 is 0. The molecule has 21 heavy (non-hydrogen) atoms. The zero-order valence-electron chi connectivity index (χ0n) is 13.3. The standard InChI is InChI=1S/C17H28N4/c1-3-16(21-11-7-8-12-21)14-20-17(18-2)19-13-15-9-5-4-6-10-15/h4-6,9-10,16H,3,7-8,11-14H2,1-2H3,(H2,18,19,20). The number of nitrogens with zero attached hydrogens (tertiary/aromatic N) is 2. The minimum Gasteiger partial charge on any atom is -0.355 e. The molecule has 2 rings (SSSR count). The first-order chi connectivity index (χ1) is 10.3. The van der Waals surface area contributed by atoms with Gasteiger partial charge in [-0.15, -0.1) is 0 Å². The van der Waals surface area contributed by atoms with Crippen LogP contribution in [0, 0.1) is 0 Å². The number of guanidine groups is 1. The monoisotopic (exact) mass is 288 g/mol. The Morgan fingerprint density at radius 3 is 2.52 bits per heavy atom. The number of likely N-dealkylation sites (tertiary alicyclic amines) is 1. The van der Waals surface area contributed by atoms with Gasteiger partial charge in [0.1, 0.15) is 0 Å². The first-order valence-corrected chi connectivity index (χ1v) is 8.06. The first kappa shape index (κ1) is 15.8. The van der Waals surface area contributed by atoms with Crippen LogP contribution >= 0.6 is 0 Å². The normalized spacial score (nSPS) is 17.7. The lowest BCUT2D eigenvalue weighted by molar-refractivity contribution is 0.236. The van der Waals surface area contributed by atoms with Crippen molar-refractivity contribution in [1.82, 2.24) is 15.5 Å². The van der Waals surface area contributed by atoms with Gasteiger partial charge in [-0.1, -0.05) is 37.3 Å². The van der Waals surface area contributed by atoms with Gasteiger partial charge in [0.2, 0.25) is 0 Å². The van der Waals surface area contributed by atoms with Crippen LogP contribution in [0.5, 0.6) is 0 Å². The van der Waals surface area contributed by atoms with Gasteiger partial charge in [0.05, 0.1) is 0 Å². The highest BCUT2D eigenvalue weighted by molar-refractivity contribution is 5.79. The van der Waals surface area contributed by atoms with Gasteiger partial charge in [0.25, 0.3) is 0 Å². The Morgan fingerprint density at radius 1 is 1.19 bits per heavy atom. The topological polar surface area (TPSA) is 39.7 Å². The van der Waals surface area contributed by atoms with Crippen LogP contribution in [-0.4, -0.2) is 43.6 Å². The van der Waals surface area contributed by atoms with E-state index in [1.54, 1.807) is 0 Å². The first-order valence-electron chi connectivity index (χ1n) is 8.06. The summed E-state index contributed by atoms with van der Waals surface area (Å²) in [6.45, 7) is 6.53. The number of aliphatic imine (C=N–C) groups is 1. The second kappa shape index (κ2) is 8.67. The summed E-state index contributed by atoms with van der Waals surface area (Å²) in [5.41, 5.74) is 1.27. The van der Waals surface area contributed by atoms with Crippen LogP contribution in [0.1, 0.15) is 31.7 Å². The van der Waals surface area contributed by atoms with Crippen LogP contribution in [0.15, 0.2) is 35.3 Å². The average molecular weight is 288 g/mol. The van der Waals surface area contributed by atoms with Crippen molar-refractivity contribution < 1.29 is 0 Å². The third-order valence-corrected chi connectivity index (χ3v) is 4.16. The Hall–Kier alpha value is -1.55. The fraction of sp³-hybridized carbons (Fsp3) is 0.588. The van der Waals surface area contributed by atoms with Crippen molar-refractivity contribution >= 4 is 5.96 Å². The van der Waals surface area contributed by atoms with Gasteiger partial charge < -0.3 is 10.6 Å². The minimum absolute atomic E-state index is 0.614. The maximum Gasteiger partial charge on any atom is 0.191 e. The van der Waals surface area contributed by atoms with Gasteiger partial charge in [0, 0.05) is 26.2 Å². The SMILES string of the molecule is CCC(CNC(=NC)NCc1ccccc1)N1CCCC1. The predicted octanol–water partition coefficient (Wildman–Crippen LogP) is 2.23. The van der Waals surface area contributed by atoms with Crippen LogP contribution in [0.4, 0.5) is 0 Å². The summed E-state index contributed by atoms with van der Waals surface area (Å²) in [5.74, 6) is 0.886. The highest BCUT2D eigenvalue weighted by Gasteiger charge is 2.20. The zero-order valence-corrected chi connectivity index (χ0v) is 13.3. The Labute approximate surface area is 128 Å². The van der Waals surface area contributed by atoms with Gasteiger partial charge in [-0.3, -0.25) is 9.89 Å². The molecule has 0 aromatic heterocycles. The predicted molar refractivity (Wildman–Crippen MR) is 89.5 cm³/mol. The molecule has 0 saturated carbocycles. The summed E-state index contributed by atoms with van der Waals surface area (Å²) in [5, 5.41) is 6.84. The molecule has 2 N–H and O–H groups in total. The van der Waals surface area contributed by atoms with E-state index in [4.69, 9.17) is 0 Å². The molecular weight excluding hydrogens is 260 g/mol. The average Bonchev–Trinajstić information content (AvgIpc) is 3.06. The molecule has 1 aromatic carbocycles. The molecule has 0 aliphatic carbocycles. The zero-order chi connectivity index (χ0) is 14.9. The van der Waals surface area contributed by atoms with Crippen molar-refractivity contribution in [2.45, 2.75) is 38.8 Å². The number of hydrogen-bond donors (Lipinski definition) is 2. The molecule has 0 bridgehead atoms. The fourth-order valence-electron chi connectivity index (χ4n) is 2.86. The van der Waals surface area contributed by atoms with E-state index in [-0.39, 0.29) is 0 Å². The summed E-state index contributed by atoms with van der Waals surface area (Å²) in [4.78, 5) is 6.91. The summed E-state index contributed by atoms with van der Waals surface area (Å²) in [6.07, 6.45) is 3.87. The molecule has 0 amide bonds. The quantitative estimate of drug-likeness (QED) is 0.623. The molecule has 1 unspecified atom stereocenters. The van der Waals surface area contributed by atoms with E-state index in [9.17, 15) is 0 Å². The van der Waals surface area contributed by atoms with Crippen molar-refractivity contribution in [3.8, 4) is 0 Å². The molecular formula is C17H28N4. The number of rotatable bonds is 6. The molecule has 4 nitrogen and oxygen atoms in total. The second-order valence-electron chi connectivity index (χ2n) is 5.60. The van der Waals surface area contributed by atoms with Crippen molar-refractivity contribution in [2.24, 2.45) is 4.99 Å². The molecule has 0 spiro atoms. The summed E-state index contributed by atoms with van der Waals surface area (Å²) >= 11 is 0. The smallest absolute Gasteiger partial charge is 0.191 e. The van der Waals surface area contributed by atoms with E-state index < -0.39 is 0 Å². The second-order valence-corrected chi connectivity index (χ2v) is 5.60. The molecule has 4 heteroatoms. The molecule has 1 aromatic rings. The van der Waals surface area contributed by atoms with Crippen LogP contribution in [0.25, 0.3) is 0 Å². The van der Waals surface area contributed by atoms with Crippen molar-refractivity contribution in [3.63, 3.8) is 0 Å². The van der Waals surface area contributed by atoms with E-state index in [0.717, 1.165) is 19.0 Å². The molecule has 116 valence electrons. The molecule has 1 aliphatic rings. The highest BCUT2D eigenvalue weighted by Crippen LogP contribution is 2.13. The summed E-state index contributed by atoms with van der Waals surface area (Å²) in [7, 11) is 1.83. The van der Waals surface area contributed by atoms with Crippen LogP contribution < -0.4 is 10.6 Å². The third-order valence-electron chi connectivity index (χ3n) is 4.16. The maximum absolute atomic E-state index is 4.31. The van der Waals surface area contributed by atoms with Crippen molar-refractivity contribution in [1.29, 1.82) is 0 Å².